The highest BCUT2D eigenvalue weighted by atomic mass is 16.8. The first-order valence-corrected chi connectivity index (χ1v) is 42.8. The van der Waals surface area contributed by atoms with Crippen molar-refractivity contribution in [3.8, 4) is 0 Å². The number of aliphatic hydroxyl groups excluding tert-OH is 27. The highest BCUT2D eigenvalue weighted by molar-refractivity contribution is 5.78. The molecule has 51 atom stereocenters. The first-order valence-electron chi connectivity index (χ1n) is 42.8. The van der Waals surface area contributed by atoms with E-state index >= 15 is 0 Å². The van der Waals surface area contributed by atoms with Gasteiger partial charge in [-0.25, -0.2) is 4.79 Å². The van der Waals surface area contributed by atoms with Gasteiger partial charge in [0, 0.05) is 41.0 Å². The van der Waals surface area contributed by atoms with E-state index in [4.69, 9.17) is 90.0 Å². The van der Waals surface area contributed by atoms with Gasteiger partial charge in [-0.15, -0.1) is 0 Å². The van der Waals surface area contributed by atoms with Gasteiger partial charge in [-0.3, -0.25) is 28.8 Å². The molecule has 778 valence electrons. The van der Waals surface area contributed by atoms with Crippen LogP contribution in [0, 0.1) is 0 Å². The van der Waals surface area contributed by atoms with E-state index in [2.05, 4.69) is 31.9 Å². The molecule has 10 aliphatic heterocycles. The largest absolute Gasteiger partial charge is 0.477 e. The number of aliphatic carboxylic acids is 1. The first-order chi connectivity index (χ1) is 63.6. The fourth-order valence-electron chi connectivity index (χ4n) is 17.2. The van der Waals surface area contributed by atoms with Crippen LogP contribution in [0.25, 0.3) is 0 Å². The summed E-state index contributed by atoms with van der Waals surface area (Å²) in [6.45, 7) is -5.95. The lowest BCUT2D eigenvalue weighted by Gasteiger charge is -2.51. The summed E-state index contributed by atoms with van der Waals surface area (Å²) < 4.78 is 114. The van der Waals surface area contributed by atoms with Gasteiger partial charge >= 0.3 is 5.97 Å². The molecule has 10 aliphatic rings. The maximum atomic E-state index is 13.4. The zero-order valence-corrected chi connectivity index (χ0v) is 72.8. The lowest BCUT2D eigenvalue weighted by molar-refractivity contribution is -0.398. The molecule has 0 spiro atoms. The average molecular weight is 1970 g/mol. The molecule has 0 bridgehead atoms. The zero-order chi connectivity index (χ0) is 99.9. The van der Waals surface area contributed by atoms with Crippen LogP contribution in [0.1, 0.15) is 48.0 Å². The van der Waals surface area contributed by atoms with E-state index in [1.165, 1.54) is 6.92 Å². The van der Waals surface area contributed by atoms with Crippen LogP contribution in [-0.2, 0) is 124 Å². The third kappa shape index (κ3) is 25.4. The Bertz CT molecular complexity index is 3820. The number of nitrogens with one attached hydrogen (secondary N) is 6. The molecule has 10 saturated heterocycles. The van der Waals surface area contributed by atoms with E-state index in [-0.39, 0.29) is 0 Å². The van der Waals surface area contributed by atoms with Crippen LogP contribution in [0.15, 0.2) is 0 Å². The highest BCUT2D eigenvalue weighted by Gasteiger charge is 2.63. The molecule has 10 fully saturated rings. The van der Waals surface area contributed by atoms with Gasteiger partial charge in [-0.05, 0) is 6.92 Å². The summed E-state index contributed by atoms with van der Waals surface area (Å²) in [5.74, 6) is -11.3. The van der Waals surface area contributed by atoms with Crippen LogP contribution < -0.4 is 31.9 Å². The topological polar surface area (TPSA) is 933 Å². The third-order valence-electron chi connectivity index (χ3n) is 24.3. The van der Waals surface area contributed by atoms with Gasteiger partial charge in [0.25, 0.3) is 5.79 Å². The monoisotopic (exact) mass is 1970 g/mol. The molecule has 0 unspecified atom stereocenters. The van der Waals surface area contributed by atoms with Crippen molar-refractivity contribution in [1.29, 1.82) is 0 Å². The quantitative estimate of drug-likeness (QED) is 0.0275. The number of carbonyl (C=O) groups is 7. The van der Waals surface area contributed by atoms with Crippen LogP contribution in [0.5, 0.6) is 0 Å². The van der Waals surface area contributed by atoms with Crippen molar-refractivity contribution in [1.82, 2.24) is 31.9 Å². The fourth-order valence-corrected chi connectivity index (χ4v) is 17.2. The second-order valence-electron chi connectivity index (χ2n) is 34.0. The van der Waals surface area contributed by atoms with Gasteiger partial charge in [0.1, 0.15) is 238 Å². The van der Waals surface area contributed by atoms with Crippen molar-refractivity contribution in [2.24, 2.45) is 0 Å². The molecule has 135 heavy (non-hydrogen) atoms. The molecular formula is C75H124N6O54. The number of carboxylic acids is 1. The summed E-state index contributed by atoms with van der Waals surface area (Å²) in [6.07, 6.45) is -95.9. The fraction of sp³-hybridized carbons (Fsp3) is 0.907. The molecule has 0 aromatic heterocycles. The van der Waals surface area contributed by atoms with Gasteiger partial charge in [0.05, 0.1) is 77.7 Å². The molecule has 10 rings (SSSR count). The molecule has 0 saturated carbocycles. The van der Waals surface area contributed by atoms with Gasteiger partial charge in [-0.1, -0.05) is 0 Å². The van der Waals surface area contributed by atoms with Crippen LogP contribution in [0.2, 0.25) is 0 Å². The summed E-state index contributed by atoms with van der Waals surface area (Å²) in [5, 5.41) is 328. The van der Waals surface area contributed by atoms with Crippen molar-refractivity contribution in [2.45, 2.75) is 360 Å². The lowest BCUT2D eigenvalue weighted by Crippen LogP contribution is -2.71. The van der Waals surface area contributed by atoms with E-state index in [1.807, 2.05) is 0 Å². The maximum Gasteiger partial charge on any atom is 0.364 e. The minimum Gasteiger partial charge on any atom is -0.477 e. The normalized spacial score (nSPS) is 46.4. The van der Waals surface area contributed by atoms with Crippen molar-refractivity contribution in [3.63, 3.8) is 0 Å². The maximum absolute atomic E-state index is 13.4. The van der Waals surface area contributed by atoms with Crippen molar-refractivity contribution in [2.75, 3.05) is 66.1 Å². The van der Waals surface area contributed by atoms with Gasteiger partial charge in [0.15, 0.2) is 56.6 Å². The standard InChI is InChI=1S/C75H124N6O54/c1-18-41(97)53(109)56(112)70(120-18)117-16-33-60(50(106)36(65(114)121-33)76-19(2)89)130-68-39(79-22(5)92)52(108)59(30(13-87)125-68)131-71-57(113)62(47(103)31(128-71)15-118-72-63(54(110)44(100)27(10-84)123-72)133-66-37(77-20(3)90)48(104)43(99)26(9-83)122-66)132-73-64(55(111)45(101)28(11-85)124-73)134-69-40(80-23(6)93)51(107)58(29(12-86)126-69)129-67-38(78-21(4)91)49(105)46(102)32(127-67)17-119-75(74(115)116)7-24(94)35(81-34(96)14-88)61(135-75)42(98)25(95)8-82/h18,24-33,35-73,82-88,94-95,97-114H,7-17H2,1-6H3,(H,76,89)(H,77,90)(H,78,91)(H,79,92)(H,80,93)(H,81,96)(H,115,116)/t18-,24-,25+,26+,27+,28+,29+,30+,31+,32+,33+,35+,36+,37+,38+,39+,40-,41+,42+,43+,44+,45+,46-,47+,48+,49+,50+,51+,52+,53+,54-,55-,56-,57-,58+,59+,60+,61+,62-,63-,64-,65+,66-,67-,68-,69-,70+,71-,72-,73+,75+/m0/s1. The van der Waals surface area contributed by atoms with Crippen LogP contribution in [0.4, 0.5) is 0 Å². The Balaban J connectivity index is 0.973. The number of rotatable bonds is 37. The van der Waals surface area contributed by atoms with Crippen molar-refractivity contribution >= 4 is 41.4 Å². The molecule has 60 nitrogen and oxygen atoms in total. The van der Waals surface area contributed by atoms with E-state index in [0.717, 1.165) is 34.6 Å². The van der Waals surface area contributed by atoms with Crippen LogP contribution in [0.3, 0.4) is 0 Å². The molecule has 0 radical (unpaired) electrons. The van der Waals surface area contributed by atoms with E-state index in [9.17, 15) is 177 Å². The molecule has 10 heterocycles. The summed E-state index contributed by atoms with van der Waals surface area (Å²) >= 11 is 0. The zero-order valence-electron chi connectivity index (χ0n) is 72.8. The number of carboxylic acid groups (broad SMARTS) is 1. The Morgan fingerprint density at radius 2 is 0.696 bits per heavy atom. The number of amides is 6. The predicted octanol–water partition coefficient (Wildman–Crippen LogP) is -22.7. The summed E-state index contributed by atoms with van der Waals surface area (Å²) in [5.41, 5.74) is 0. The minimum absolute atomic E-state index is 0.857. The molecule has 0 aromatic rings. The van der Waals surface area contributed by atoms with Crippen LogP contribution in [-0.4, -0.2) is 563 Å². The SMILES string of the molecule is CC(=O)N[C@@H]1[C@H](O[C@@H]2[C@@H](O[C@@H]3[C@H](O)[C@H](O[C@H]4[C@H](O)[C@@H](NC(C)=O)[C@H](O[C@H]5[C@H](O)[C@@H](NC(C)=O)[C@H](O)O[C@@H]5CO[C@@H]5O[C@@H](C)[C@@H](O)[C@@H](O)[C@@H]5O)O[C@@H]4CO)O[C@H](CO[C@H]4O[C@H](CO)[C@@H](O)[C@H](O)[C@@H]4O[C@@H]4O[C@H](CO)[C@@H](O)[C@H](O)[C@H]4NC(C)=O)[C@H]3O)O[C@H](CO)[C@@H](O)[C@@H]2O)O[C@H](CO)[C@@H](O[C@@H]2O[C@H](CO[C@]3(C(=O)O)C[C@H](O)[C@@H](NC(=O)CO)[C@H]([C@H](O)[C@H](O)CO)O3)[C@H](O)[C@H](O)[C@H]2NC(C)=O)[C@@H]1O. The van der Waals surface area contributed by atoms with Crippen molar-refractivity contribution in [3.05, 3.63) is 0 Å². The molecular weight excluding hydrogens is 1850 g/mol. The number of ether oxygens (including phenoxy) is 19. The second-order valence-corrected chi connectivity index (χ2v) is 34.0. The predicted molar refractivity (Wildman–Crippen MR) is 416 cm³/mol. The minimum atomic E-state index is -3.19. The number of hydrogen-bond acceptors (Lipinski definition) is 53. The Morgan fingerprint density at radius 3 is 1.16 bits per heavy atom. The number of carbonyl (C=O) groups excluding carboxylic acids is 6. The molecule has 34 N–H and O–H groups in total. The molecule has 0 aromatic carbocycles. The van der Waals surface area contributed by atoms with E-state index in [0.29, 0.717) is 0 Å². The Kier molecular flexibility index (Phi) is 40.0. The smallest absolute Gasteiger partial charge is 0.364 e. The second kappa shape index (κ2) is 48.5. The summed E-state index contributed by atoms with van der Waals surface area (Å²) in [7, 11) is 0. The molecule has 60 heteroatoms. The Labute approximate surface area is 764 Å². The number of hydrogen-bond donors (Lipinski definition) is 34. The third-order valence-corrected chi connectivity index (χ3v) is 24.3. The lowest BCUT2D eigenvalue weighted by atomic mass is 9.88. The summed E-state index contributed by atoms with van der Waals surface area (Å²) in [6, 6.07) is -11.6. The first kappa shape index (κ1) is 111. The van der Waals surface area contributed by atoms with E-state index in [1.54, 1.807) is 0 Å². The van der Waals surface area contributed by atoms with Crippen molar-refractivity contribution < 1.29 is 267 Å². The van der Waals surface area contributed by atoms with Gasteiger partial charge < -0.3 is 265 Å². The van der Waals surface area contributed by atoms with Gasteiger partial charge in [-0.2, -0.15) is 0 Å². The highest BCUT2D eigenvalue weighted by Crippen LogP contribution is 2.42. The van der Waals surface area contributed by atoms with E-state index < -0.39 is 426 Å². The Morgan fingerprint density at radius 1 is 0.333 bits per heavy atom. The van der Waals surface area contributed by atoms with Gasteiger partial charge in [0.2, 0.25) is 35.4 Å². The molecule has 6 amide bonds. The van der Waals surface area contributed by atoms with Crippen LogP contribution >= 0.6 is 0 Å². The average Bonchev–Trinajstić information content (AvgIpc) is 0.756. The Hall–Kier alpha value is -5.55. The summed E-state index contributed by atoms with van der Waals surface area (Å²) in [4.78, 5) is 90.1. The molecule has 0 aliphatic carbocycles. The number of aliphatic hydroxyl groups is 27.